The molecule has 1 saturated heterocycles. The number of ether oxygens (including phenoxy) is 1. The molecule has 0 bridgehead atoms. The predicted molar refractivity (Wildman–Crippen MR) is 149 cm³/mol. The lowest BCUT2D eigenvalue weighted by Crippen LogP contribution is -2.54. The highest BCUT2D eigenvalue weighted by Gasteiger charge is 2.33. The second-order valence-electron chi connectivity index (χ2n) is 11.1. The van der Waals surface area contributed by atoms with Crippen molar-refractivity contribution < 1.29 is 19.0 Å². The lowest BCUT2D eigenvalue weighted by molar-refractivity contribution is 0.0283. The Bertz CT molecular complexity index is 1690. The molecule has 41 heavy (non-hydrogen) atoms. The van der Waals surface area contributed by atoms with Gasteiger partial charge >= 0.3 is 0 Å². The summed E-state index contributed by atoms with van der Waals surface area (Å²) in [5.74, 6) is -0.199. The third-order valence-corrected chi connectivity index (χ3v) is 7.06. The summed E-state index contributed by atoms with van der Waals surface area (Å²) in [5, 5.41) is 26.9. The van der Waals surface area contributed by atoms with E-state index in [9.17, 15) is 24.3 Å². The van der Waals surface area contributed by atoms with Crippen molar-refractivity contribution in [3.8, 4) is 22.9 Å². The van der Waals surface area contributed by atoms with E-state index in [-0.39, 0.29) is 12.3 Å². The highest BCUT2D eigenvalue weighted by Crippen LogP contribution is 2.32. The summed E-state index contributed by atoms with van der Waals surface area (Å²) >= 11 is 0. The average Bonchev–Trinajstić information content (AvgIpc) is 3.36. The summed E-state index contributed by atoms with van der Waals surface area (Å²) in [6.07, 6.45) is 6.06. The van der Waals surface area contributed by atoms with Gasteiger partial charge in [-0.2, -0.15) is 10.4 Å². The number of pyridine rings is 3. The van der Waals surface area contributed by atoms with Crippen LogP contribution in [0, 0.1) is 17.1 Å². The number of hydrogen-bond acceptors (Lipinski definition) is 8. The monoisotopic (exact) mass is 559 g/mol. The molecule has 12 heteroatoms. The Morgan fingerprint density at radius 1 is 1.27 bits per heavy atom. The van der Waals surface area contributed by atoms with Crippen LogP contribution < -0.4 is 20.5 Å². The molecule has 3 N–H and O–H groups in total. The number of amides is 1. The fraction of sp³-hybridized carbons (Fsp3) is 0.345. The van der Waals surface area contributed by atoms with E-state index >= 15 is 0 Å². The number of aromatic amines is 1. The van der Waals surface area contributed by atoms with E-state index in [0.717, 1.165) is 23.5 Å². The minimum absolute atomic E-state index is 0.0774. The van der Waals surface area contributed by atoms with Crippen molar-refractivity contribution in [1.29, 1.82) is 5.26 Å². The molecule has 1 amide bonds. The van der Waals surface area contributed by atoms with Gasteiger partial charge < -0.3 is 25.0 Å². The number of carbonyl (C=O) groups is 1. The van der Waals surface area contributed by atoms with Crippen molar-refractivity contribution in [1.82, 2.24) is 24.9 Å². The van der Waals surface area contributed by atoms with Crippen molar-refractivity contribution in [2.45, 2.75) is 44.8 Å². The number of piperidine rings is 1. The van der Waals surface area contributed by atoms with Crippen LogP contribution in [0.5, 0.6) is 5.75 Å². The minimum Gasteiger partial charge on any atom is -0.489 e. The van der Waals surface area contributed by atoms with Gasteiger partial charge in [-0.05, 0) is 57.9 Å². The molecular formula is C29H30FN7O4. The van der Waals surface area contributed by atoms with Gasteiger partial charge in [0.1, 0.15) is 29.9 Å². The lowest BCUT2D eigenvalue weighted by Gasteiger charge is -2.40. The molecule has 0 atom stereocenters. The first kappa shape index (κ1) is 27.8. The van der Waals surface area contributed by atoms with E-state index in [2.05, 4.69) is 31.4 Å². The Hall–Kier alpha value is -4.76. The van der Waals surface area contributed by atoms with Gasteiger partial charge in [-0.3, -0.25) is 9.59 Å². The maximum atomic E-state index is 14.1. The predicted octanol–water partition coefficient (Wildman–Crippen LogP) is 3.03. The zero-order valence-electron chi connectivity index (χ0n) is 22.9. The zero-order valence-corrected chi connectivity index (χ0v) is 22.9. The van der Waals surface area contributed by atoms with Gasteiger partial charge in [-0.25, -0.2) is 13.9 Å². The molecule has 0 aromatic carbocycles. The number of nitrogens with zero attached hydrogens (tertiary/aromatic N) is 5. The van der Waals surface area contributed by atoms with Gasteiger partial charge in [0.15, 0.2) is 5.82 Å². The number of carbonyl (C=O) groups excluding carboxylic acids is 1. The Morgan fingerprint density at radius 2 is 2.02 bits per heavy atom. The summed E-state index contributed by atoms with van der Waals surface area (Å²) in [7, 11) is 0. The first-order chi connectivity index (χ1) is 19.4. The normalized spacial score (nSPS) is 15.0. The van der Waals surface area contributed by atoms with Crippen LogP contribution in [0.2, 0.25) is 0 Å². The molecule has 0 unspecified atom stereocenters. The number of anilines is 1. The Morgan fingerprint density at radius 3 is 2.68 bits per heavy atom. The molecule has 1 aliphatic rings. The number of halogens is 1. The first-order valence-electron chi connectivity index (χ1n) is 13.1. The first-order valence-corrected chi connectivity index (χ1v) is 13.1. The third-order valence-electron chi connectivity index (χ3n) is 7.06. The number of H-pyrrole nitrogens is 1. The number of aromatic nitrogens is 4. The highest BCUT2D eigenvalue weighted by molar-refractivity contribution is 5.93. The molecule has 0 aliphatic carbocycles. The Labute approximate surface area is 235 Å². The SMILES string of the molecule is CC(C)(O)COc1cc(-c2ccc(N3CCC(C)(NC(=O)c4[nH]c(=O)ccc4F)CC3)nc2)c2c(C#N)cnn2c1. The highest BCUT2D eigenvalue weighted by atomic mass is 19.1. The van der Waals surface area contributed by atoms with Crippen LogP contribution in [-0.2, 0) is 0 Å². The largest absolute Gasteiger partial charge is 0.489 e. The number of nitrogens with one attached hydrogen (secondary N) is 2. The number of rotatable bonds is 7. The van der Waals surface area contributed by atoms with E-state index in [4.69, 9.17) is 4.74 Å². The maximum Gasteiger partial charge on any atom is 0.271 e. The number of fused-ring (bicyclic) bond motifs is 1. The average molecular weight is 560 g/mol. The van der Waals surface area contributed by atoms with E-state index in [1.165, 1.54) is 6.20 Å². The third kappa shape index (κ3) is 6.05. The van der Waals surface area contributed by atoms with Crippen LogP contribution in [0.3, 0.4) is 0 Å². The fourth-order valence-corrected chi connectivity index (χ4v) is 4.78. The lowest BCUT2D eigenvalue weighted by atomic mass is 9.89. The summed E-state index contributed by atoms with van der Waals surface area (Å²) in [6, 6.07) is 9.80. The zero-order chi connectivity index (χ0) is 29.4. The molecule has 0 saturated carbocycles. The van der Waals surface area contributed by atoms with Crippen molar-refractivity contribution in [2.24, 2.45) is 0 Å². The van der Waals surface area contributed by atoms with Gasteiger partial charge in [0, 0.05) is 42.0 Å². The number of nitriles is 1. The summed E-state index contributed by atoms with van der Waals surface area (Å²) in [5.41, 5.74) is -0.0175. The van der Waals surface area contributed by atoms with Crippen LogP contribution in [0.15, 0.2) is 53.7 Å². The van der Waals surface area contributed by atoms with Gasteiger partial charge in [0.05, 0.1) is 29.1 Å². The molecule has 1 fully saturated rings. The topological polar surface area (TPSA) is 149 Å². The summed E-state index contributed by atoms with van der Waals surface area (Å²) in [4.78, 5) is 33.2. The van der Waals surface area contributed by atoms with Crippen LogP contribution in [0.25, 0.3) is 16.6 Å². The van der Waals surface area contributed by atoms with Crippen LogP contribution in [-0.4, -0.2) is 61.4 Å². The van der Waals surface area contributed by atoms with Crippen LogP contribution in [0.4, 0.5) is 10.2 Å². The Kier molecular flexibility index (Phi) is 7.23. The standard InChI is InChI=1S/C29H30FN7O4/c1-28(2,40)17-41-20-12-21(26-19(13-31)15-33-37(26)16-20)18-4-6-23(32-14-18)36-10-8-29(3,9-11-36)35-27(39)25-22(30)5-7-24(38)34-25/h4-7,12,14-16,40H,8-11,17H2,1-3H3,(H,34,38)(H,35,39). The summed E-state index contributed by atoms with van der Waals surface area (Å²) in [6.45, 7) is 6.48. The van der Waals surface area contributed by atoms with Crippen molar-refractivity contribution >= 4 is 17.2 Å². The smallest absolute Gasteiger partial charge is 0.271 e. The second-order valence-corrected chi connectivity index (χ2v) is 11.1. The van der Waals surface area contributed by atoms with E-state index in [0.29, 0.717) is 48.3 Å². The van der Waals surface area contributed by atoms with Crippen LogP contribution >= 0.6 is 0 Å². The van der Waals surface area contributed by atoms with Gasteiger partial charge in [0.25, 0.3) is 5.91 Å². The van der Waals surface area contributed by atoms with E-state index in [1.54, 1.807) is 36.8 Å². The number of hydrogen-bond donors (Lipinski definition) is 3. The quantitative estimate of drug-likeness (QED) is 0.313. The van der Waals surface area contributed by atoms with E-state index < -0.39 is 28.4 Å². The van der Waals surface area contributed by atoms with Gasteiger partial charge in [-0.15, -0.1) is 0 Å². The fourth-order valence-electron chi connectivity index (χ4n) is 4.78. The molecule has 11 nitrogen and oxygen atoms in total. The summed E-state index contributed by atoms with van der Waals surface area (Å²) < 4.78 is 21.5. The Balaban J connectivity index is 1.32. The van der Waals surface area contributed by atoms with E-state index in [1.807, 2.05) is 19.1 Å². The van der Waals surface area contributed by atoms with Gasteiger partial charge in [0.2, 0.25) is 5.56 Å². The molecule has 4 aromatic heterocycles. The molecular weight excluding hydrogens is 529 g/mol. The number of aliphatic hydroxyl groups is 1. The molecule has 0 radical (unpaired) electrons. The molecule has 212 valence electrons. The molecule has 0 spiro atoms. The molecule has 5 heterocycles. The minimum atomic E-state index is -1.02. The van der Waals surface area contributed by atoms with Crippen molar-refractivity contribution in [3.05, 3.63) is 76.4 Å². The maximum absolute atomic E-state index is 14.1. The van der Waals surface area contributed by atoms with Crippen LogP contribution in [0.1, 0.15) is 49.7 Å². The van der Waals surface area contributed by atoms with Crippen molar-refractivity contribution in [3.63, 3.8) is 0 Å². The molecule has 4 aromatic rings. The molecule has 1 aliphatic heterocycles. The van der Waals surface area contributed by atoms with Crippen molar-refractivity contribution in [2.75, 3.05) is 24.6 Å². The second kappa shape index (κ2) is 10.7. The molecule has 5 rings (SSSR count). The van der Waals surface area contributed by atoms with Gasteiger partial charge in [-0.1, -0.05) is 0 Å².